The van der Waals surface area contributed by atoms with Gasteiger partial charge in [-0.25, -0.2) is 0 Å². The minimum atomic E-state index is -0.168. The third-order valence-corrected chi connectivity index (χ3v) is 5.94. The van der Waals surface area contributed by atoms with Crippen molar-refractivity contribution in [2.45, 2.75) is 51.7 Å². The first-order chi connectivity index (χ1) is 14.6. The first-order valence-electron chi connectivity index (χ1n) is 10.7. The number of aliphatic hydroxyl groups is 1. The predicted molar refractivity (Wildman–Crippen MR) is 115 cm³/mol. The average Bonchev–Trinajstić information content (AvgIpc) is 3.17. The molecule has 0 radical (unpaired) electrons. The highest BCUT2D eigenvalue weighted by atomic mass is 16.5. The van der Waals surface area contributed by atoms with Gasteiger partial charge in [-0.1, -0.05) is 37.3 Å². The molecule has 3 aromatic rings. The molecule has 1 aliphatic rings. The molecule has 1 N–H and O–H groups in total. The van der Waals surface area contributed by atoms with Crippen LogP contribution in [-0.4, -0.2) is 38.9 Å². The normalized spacial score (nSPS) is 16.1. The van der Waals surface area contributed by atoms with Gasteiger partial charge in [-0.15, -0.1) is 0 Å². The molecular weight excluding hydrogens is 378 g/mol. The Kier molecular flexibility index (Phi) is 6.55. The molecule has 1 aromatic carbocycles. The first kappa shape index (κ1) is 20.7. The smallest absolute Gasteiger partial charge is 0.139 e. The number of rotatable bonds is 8. The second-order valence-corrected chi connectivity index (χ2v) is 8.27. The Balaban J connectivity index is 1.49. The van der Waals surface area contributed by atoms with Crippen LogP contribution in [0.2, 0.25) is 0 Å². The largest absolute Gasteiger partial charge is 0.390 e. The molecule has 30 heavy (non-hydrogen) atoms. The molecule has 1 fully saturated rings. The zero-order valence-corrected chi connectivity index (χ0v) is 17.5. The molecule has 2 aromatic heterocycles. The van der Waals surface area contributed by atoms with Crippen molar-refractivity contribution >= 4 is 16.7 Å². The molecule has 0 amide bonds. The molecule has 0 bridgehead atoms. The number of hydrogen-bond donors (Lipinski definition) is 1. The molecule has 3 heterocycles. The minimum Gasteiger partial charge on any atom is -0.390 e. The predicted octanol–water partition coefficient (Wildman–Crippen LogP) is 3.66. The molecule has 1 atom stereocenters. The zero-order valence-electron chi connectivity index (χ0n) is 17.5. The summed E-state index contributed by atoms with van der Waals surface area (Å²) in [7, 11) is 0. The molecule has 1 saturated heterocycles. The molecule has 0 aliphatic carbocycles. The van der Waals surface area contributed by atoms with E-state index < -0.39 is 0 Å². The standard InChI is InChI=1S/C24H29N3O3/c1-17(19-5-3-2-4-6-19)11-22(29)13-21-12-20-14-25-27(24(20)23(16-28)26-21)15-18-7-9-30-10-8-18/h2-6,12,14,17-18,28H,7-11,13,15-16H2,1H3/t17-/m0/s1. The van der Waals surface area contributed by atoms with Crippen LogP contribution in [0.5, 0.6) is 0 Å². The van der Waals surface area contributed by atoms with Gasteiger partial charge in [0.05, 0.1) is 24.0 Å². The van der Waals surface area contributed by atoms with Gasteiger partial charge in [0.15, 0.2) is 0 Å². The van der Waals surface area contributed by atoms with Crippen LogP contribution < -0.4 is 0 Å². The lowest BCUT2D eigenvalue weighted by atomic mass is 9.94. The number of fused-ring (bicyclic) bond motifs is 1. The van der Waals surface area contributed by atoms with Crippen LogP contribution in [0, 0.1) is 5.92 Å². The fraction of sp³-hybridized carbons (Fsp3) is 0.458. The lowest BCUT2D eigenvalue weighted by molar-refractivity contribution is -0.118. The van der Waals surface area contributed by atoms with E-state index >= 15 is 0 Å². The van der Waals surface area contributed by atoms with Gasteiger partial charge in [-0.3, -0.25) is 14.5 Å². The average molecular weight is 408 g/mol. The molecule has 158 valence electrons. The molecule has 6 heteroatoms. The molecule has 0 unspecified atom stereocenters. The third-order valence-electron chi connectivity index (χ3n) is 5.94. The number of aliphatic hydroxyl groups excluding tert-OH is 1. The monoisotopic (exact) mass is 407 g/mol. The summed E-state index contributed by atoms with van der Waals surface area (Å²) in [6.45, 7) is 4.29. The highest BCUT2D eigenvalue weighted by Crippen LogP contribution is 2.24. The molecule has 1 aliphatic heterocycles. The van der Waals surface area contributed by atoms with Crippen molar-refractivity contribution in [2.24, 2.45) is 5.92 Å². The van der Waals surface area contributed by atoms with Crippen LogP contribution in [0.1, 0.15) is 49.1 Å². The number of pyridine rings is 1. The van der Waals surface area contributed by atoms with Crippen molar-refractivity contribution < 1.29 is 14.6 Å². The Morgan fingerprint density at radius 1 is 1.27 bits per heavy atom. The third kappa shape index (κ3) is 4.77. The van der Waals surface area contributed by atoms with E-state index in [2.05, 4.69) is 29.1 Å². The van der Waals surface area contributed by atoms with Gasteiger partial charge in [0, 0.05) is 43.7 Å². The quantitative estimate of drug-likeness (QED) is 0.617. The van der Waals surface area contributed by atoms with E-state index in [9.17, 15) is 9.90 Å². The fourth-order valence-electron chi connectivity index (χ4n) is 4.29. The van der Waals surface area contributed by atoms with Crippen LogP contribution in [0.25, 0.3) is 10.9 Å². The van der Waals surface area contributed by atoms with Crippen molar-refractivity contribution in [1.82, 2.24) is 14.8 Å². The van der Waals surface area contributed by atoms with Crippen LogP contribution in [-0.2, 0) is 29.1 Å². The van der Waals surface area contributed by atoms with E-state index in [0.717, 1.165) is 43.5 Å². The summed E-state index contributed by atoms with van der Waals surface area (Å²) in [5, 5.41) is 15.4. The van der Waals surface area contributed by atoms with E-state index in [4.69, 9.17) is 4.74 Å². The number of aromatic nitrogens is 3. The second-order valence-electron chi connectivity index (χ2n) is 8.27. The Labute approximate surface area is 176 Å². The van der Waals surface area contributed by atoms with Crippen LogP contribution >= 0.6 is 0 Å². The Morgan fingerprint density at radius 3 is 2.77 bits per heavy atom. The van der Waals surface area contributed by atoms with Gasteiger partial charge < -0.3 is 9.84 Å². The van der Waals surface area contributed by atoms with Gasteiger partial charge in [-0.05, 0) is 36.3 Å². The summed E-state index contributed by atoms with van der Waals surface area (Å²) >= 11 is 0. The number of benzene rings is 1. The number of ether oxygens (including phenoxy) is 1. The highest BCUT2D eigenvalue weighted by molar-refractivity contribution is 5.85. The number of ketones is 1. The minimum absolute atomic E-state index is 0.150. The number of Topliss-reactive ketones (excluding diaryl/α,β-unsaturated/α-hetero) is 1. The SMILES string of the molecule is C[C@@H](CC(=O)Cc1cc2cnn(CC3CCOCC3)c2c(CO)n1)c1ccccc1. The molecule has 6 nitrogen and oxygen atoms in total. The number of nitrogens with zero attached hydrogens (tertiary/aromatic N) is 3. The van der Waals surface area contributed by atoms with Crippen LogP contribution in [0.15, 0.2) is 42.6 Å². The molecule has 4 rings (SSSR count). The zero-order chi connectivity index (χ0) is 20.9. The first-order valence-corrected chi connectivity index (χ1v) is 10.7. The topological polar surface area (TPSA) is 77.2 Å². The fourth-order valence-corrected chi connectivity index (χ4v) is 4.29. The number of hydrogen-bond acceptors (Lipinski definition) is 5. The van der Waals surface area contributed by atoms with Gasteiger partial charge in [0.2, 0.25) is 0 Å². The number of carbonyl (C=O) groups excluding carboxylic acids is 1. The molecular formula is C24H29N3O3. The summed E-state index contributed by atoms with van der Waals surface area (Å²) in [4.78, 5) is 17.3. The van der Waals surface area contributed by atoms with Crippen molar-refractivity contribution in [1.29, 1.82) is 0 Å². The summed E-state index contributed by atoms with van der Waals surface area (Å²) in [5.41, 5.74) is 3.33. The van der Waals surface area contributed by atoms with E-state index in [1.54, 1.807) is 0 Å². The Bertz CT molecular complexity index is 994. The van der Waals surface area contributed by atoms with Gasteiger partial charge in [0.25, 0.3) is 0 Å². The van der Waals surface area contributed by atoms with E-state index in [1.165, 1.54) is 5.56 Å². The summed E-state index contributed by atoms with van der Waals surface area (Å²) in [6.07, 6.45) is 4.60. The maximum absolute atomic E-state index is 12.7. The van der Waals surface area contributed by atoms with E-state index in [-0.39, 0.29) is 24.7 Å². The Morgan fingerprint density at radius 2 is 2.03 bits per heavy atom. The van der Waals surface area contributed by atoms with Crippen molar-refractivity contribution in [3.63, 3.8) is 0 Å². The van der Waals surface area contributed by atoms with E-state index in [0.29, 0.717) is 23.7 Å². The van der Waals surface area contributed by atoms with Crippen molar-refractivity contribution in [3.05, 3.63) is 59.5 Å². The molecule has 0 saturated carbocycles. The van der Waals surface area contributed by atoms with E-state index in [1.807, 2.05) is 35.1 Å². The van der Waals surface area contributed by atoms with Crippen molar-refractivity contribution in [3.8, 4) is 0 Å². The van der Waals surface area contributed by atoms with Crippen molar-refractivity contribution in [2.75, 3.05) is 13.2 Å². The lowest BCUT2D eigenvalue weighted by Gasteiger charge is -2.22. The van der Waals surface area contributed by atoms with Crippen LogP contribution in [0.4, 0.5) is 0 Å². The van der Waals surface area contributed by atoms with Gasteiger partial charge in [0.1, 0.15) is 5.78 Å². The number of carbonyl (C=O) groups is 1. The maximum atomic E-state index is 12.7. The highest BCUT2D eigenvalue weighted by Gasteiger charge is 2.19. The lowest BCUT2D eigenvalue weighted by Crippen LogP contribution is -2.21. The molecule has 0 spiro atoms. The Hall–Kier alpha value is -2.57. The summed E-state index contributed by atoms with van der Waals surface area (Å²) in [6, 6.07) is 12.0. The maximum Gasteiger partial charge on any atom is 0.139 e. The summed E-state index contributed by atoms with van der Waals surface area (Å²) in [5.74, 6) is 0.841. The van der Waals surface area contributed by atoms with Gasteiger partial charge >= 0.3 is 0 Å². The second kappa shape index (κ2) is 9.49. The van der Waals surface area contributed by atoms with Crippen LogP contribution in [0.3, 0.4) is 0 Å². The summed E-state index contributed by atoms with van der Waals surface area (Å²) < 4.78 is 7.40. The van der Waals surface area contributed by atoms with Gasteiger partial charge in [-0.2, -0.15) is 5.10 Å².